The van der Waals surface area contributed by atoms with Crippen molar-refractivity contribution in [2.75, 3.05) is 11.9 Å². The highest BCUT2D eigenvalue weighted by molar-refractivity contribution is 6.11. The van der Waals surface area contributed by atoms with Crippen LogP contribution in [0.4, 0.5) is 10.5 Å². The largest absolute Gasteiger partial charge is 0.326 e. The van der Waals surface area contributed by atoms with Crippen molar-refractivity contribution in [3.63, 3.8) is 0 Å². The molecular weight excluding hydrogens is 346 g/mol. The molecule has 0 bridgehead atoms. The number of rotatable bonds is 5. The van der Waals surface area contributed by atoms with Gasteiger partial charge in [-0.25, -0.2) is 4.79 Å². The smallest absolute Gasteiger partial charge is 0.325 e. The summed E-state index contributed by atoms with van der Waals surface area (Å²) in [5.41, 5.74) is 0.135. The van der Waals surface area contributed by atoms with Crippen LogP contribution >= 0.6 is 0 Å². The lowest BCUT2D eigenvalue weighted by atomic mass is 9.73. The van der Waals surface area contributed by atoms with E-state index < -0.39 is 11.6 Å². The second kappa shape index (κ2) is 7.50. The van der Waals surface area contributed by atoms with Crippen molar-refractivity contribution in [2.45, 2.75) is 51.5 Å². The Morgan fingerprint density at radius 3 is 2.56 bits per heavy atom. The quantitative estimate of drug-likeness (QED) is 0.614. The molecule has 0 radical (unpaired) electrons. The Labute approximate surface area is 158 Å². The summed E-state index contributed by atoms with van der Waals surface area (Å²) >= 11 is 0. The predicted molar refractivity (Wildman–Crippen MR) is 100 cm³/mol. The number of nitrogens with zero attached hydrogens (tertiary/aromatic N) is 1. The van der Waals surface area contributed by atoms with Crippen molar-refractivity contribution in [3.8, 4) is 0 Å². The molecule has 2 fully saturated rings. The summed E-state index contributed by atoms with van der Waals surface area (Å²) < 4.78 is 0. The summed E-state index contributed by atoms with van der Waals surface area (Å²) in [5.74, 6) is -0.656. The first-order valence-corrected chi connectivity index (χ1v) is 9.44. The Hall–Kier alpha value is -2.70. The maximum absolute atomic E-state index is 12.9. The van der Waals surface area contributed by atoms with Gasteiger partial charge in [0.1, 0.15) is 5.54 Å². The first kappa shape index (κ1) is 19.1. The highest BCUT2D eigenvalue weighted by Gasteiger charge is 2.55. The number of imide groups is 1. The van der Waals surface area contributed by atoms with Gasteiger partial charge in [0.2, 0.25) is 5.91 Å². The van der Waals surface area contributed by atoms with Crippen LogP contribution in [0.5, 0.6) is 0 Å². The van der Waals surface area contributed by atoms with Crippen molar-refractivity contribution >= 4 is 29.3 Å². The normalized spacial score (nSPS) is 24.8. The Morgan fingerprint density at radius 2 is 1.93 bits per heavy atom. The molecule has 1 aliphatic heterocycles. The Bertz CT molecular complexity index is 774. The zero-order valence-electron chi connectivity index (χ0n) is 15.7. The molecule has 1 aromatic carbocycles. The number of hydrogen-bond donors (Lipinski definition) is 2. The second-order valence-electron chi connectivity index (χ2n) is 7.34. The average Bonchev–Trinajstić information content (AvgIpc) is 2.89. The number of benzene rings is 1. The van der Waals surface area contributed by atoms with Crippen LogP contribution in [-0.2, 0) is 9.59 Å². The first-order valence-electron chi connectivity index (χ1n) is 9.44. The molecule has 144 valence electrons. The fraction of sp³-hybridized carbons (Fsp3) is 0.500. The van der Waals surface area contributed by atoms with E-state index in [0.717, 1.165) is 24.2 Å². The van der Waals surface area contributed by atoms with Crippen LogP contribution in [0.15, 0.2) is 24.3 Å². The third-order valence-corrected chi connectivity index (χ3v) is 5.61. The molecule has 0 aromatic heterocycles. The molecule has 3 rings (SSSR count). The molecule has 1 saturated carbocycles. The maximum atomic E-state index is 12.9. The fourth-order valence-electron chi connectivity index (χ4n) is 3.86. The molecular formula is C20H25N3O4. The van der Waals surface area contributed by atoms with E-state index in [-0.39, 0.29) is 30.1 Å². The zero-order chi connectivity index (χ0) is 19.6. The van der Waals surface area contributed by atoms with E-state index in [4.69, 9.17) is 0 Å². The molecule has 1 aromatic rings. The Balaban J connectivity index is 1.69. The summed E-state index contributed by atoms with van der Waals surface area (Å²) in [5, 5.41) is 5.56. The highest BCUT2D eigenvalue weighted by Crippen LogP contribution is 2.38. The van der Waals surface area contributed by atoms with Crippen LogP contribution < -0.4 is 10.6 Å². The van der Waals surface area contributed by atoms with E-state index >= 15 is 0 Å². The number of urea groups is 1. The number of nitrogens with one attached hydrogen (secondary N) is 2. The number of carbonyl (C=O) groups excluding carboxylic acids is 4. The number of carbonyl (C=O) groups is 4. The van der Waals surface area contributed by atoms with E-state index in [1.807, 2.05) is 6.92 Å². The molecule has 7 nitrogen and oxygen atoms in total. The third kappa shape index (κ3) is 3.59. The number of Topliss-reactive ketones (excluding diaryl/α,β-unsaturated/α-hetero) is 1. The lowest BCUT2D eigenvalue weighted by Crippen LogP contribution is -2.54. The minimum atomic E-state index is -0.857. The van der Waals surface area contributed by atoms with Crippen molar-refractivity contribution in [3.05, 3.63) is 29.8 Å². The zero-order valence-corrected chi connectivity index (χ0v) is 15.7. The molecule has 1 heterocycles. The molecule has 2 aliphatic rings. The van der Waals surface area contributed by atoms with Gasteiger partial charge in [0.15, 0.2) is 5.78 Å². The SMILES string of the molecule is CCC(=O)Nc1ccc(C(=O)CN2C(=O)N[C@]3(CCCC[C@@H]3C)C2=O)cc1. The summed E-state index contributed by atoms with van der Waals surface area (Å²) in [6, 6.07) is 5.96. The van der Waals surface area contributed by atoms with Gasteiger partial charge in [0.05, 0.1) is 6.54 Å². The summed E-state index contributed by atoms with van der Waals surface area (Å²) in [6.45, 7) is 3.46. The summed E-state index contributed by atoms with van der Waals surface area (Å²) in [4.78, 5) is 50.3. The number of hydrogen-bond acceptors (Lipinski definition) is 4. The monoisotopic (exact) mass is 371 g/mol. The molecule has 2 N–H and O–H groups in total. The van der Waals surface area contributed by atoms with Crippen LogP contribution in [0.25, 0.3) is 0 Å². The Morgan fingerprint density at radius 1 is 1.22 bits per heavy atom. The number of amides is 4. The van der Waals surface area contributed by atoms with E-state index in [1.54, 1.807) is 31.2 Å². The van der Waals surface area contributed by atoms with Gasteiger partial charge in [-0.15, -0.1) is 0 Å². The van der Waals surface area contributed by atoms with Crippen molar-refractivity contribution in [1.82, 2.24) is 10.2 Å². The molecule has 1 aliphatic carbocycles. The van der Waals surface area contributed by atoms with Crippen LogP contribution in [0, 0.1) is 5.92 Å². The van der Waals surface area contributed by atoms with Crippen LogP contribution in [0.3, 0.4) is 0 Å². The third-order valence-electron chi connectivity index (χ3n) is 5.61. The molecule has 7 heteroatoms. The minimum Gasteiger partial charge on any atom is -0.326 e. The van der Waals surface area contributed by atoms with E-state index in [2.05, 4.69) is 10.6 Å². The number of ketones is 1. The fourth-order valence-corrected chi connectivity index (χ4v) is 3.86. The number of anilines is 1. The summed E-state index contributed by atoms with van der Waals surface area (Å²) in [6.07, 6.45) is 3.82. The predicted octanol–water partition coefficient (Wildman–Crippen LogP) is 2.72. The standard InChI is InChI=1S/C20H25N3O4/c1-3-17(25)21-15-9-7-14(8-10-15)16(24)12-23-18(26)20(22-19(23)27)11-5-4-6-13(20)2/h7-10,13H,3-6,11-12H2,1-2H3,(H,21,25)(H,22,27)/t13-,20-/m0/s1. The summed E-state index contributed by atoms with van der Waals surface area (Å²) in [7, 11) is 0. The topological polar surface area (TPSA) is 95.6 Å². The van der Waals surface area contributed by atoms with Crippen LogP contribution in [-0.4, -0.2) is 40.6 Å². The van der Waals surface area contributed by atoms with Crippen LogP contribution in [0.1, 0.15) is 56.3 Å². The van der Waals surface area contributed by atoms with Gasteiger partial charge in [-0.1, -0.05) is 26.7 Å². The van der Waals surface area contributed by atoms with Crippen molar-refractivity contribution in [2.24, 2.45) is 5.92 Å². The second-order valence-corrected chi connectivity index (χ2v) is 7.34. The lowest BCUT2D eigenvalue weighted by Gasteiger charge is -2.36. The van der Waals surface area contributed by atoms with E-state index in [1.165, 1.54) is 0 Å². The molecule has 1 spiro atoms. The lowest BCUT2D eigenvalue weighted by molar-refractivity contribution is -0.133. The first-order chi connectivity index (χ1) is 12.9. The molecule has 0 unspecified atom stereocenters. The molecule has 4 amide bonds. The van der Waals surface area contributed by atoms with Gasteiger partial charge in [-0.2, -0.15) is 0 Å². The molecule has 1 saturated heterocycles. The van der Waals surface area contributed by atoms with Gasteiger partial charge < -0.3 is 10.6 Å². The van der Waals surface area contributed by atoms with Gasteiger partial charge in [0.25, 0.3) is 5.91 Å². The van der Waals surface area contributed by atoms with Crippen molar-refractivity contribution < 1.29 is 19.2 Å². The van der Waals surface area contributed by atoms with Gasteiger partial charge >= 0.3 is 6.03 Å². The maximum Gasteiger partial charge on any atom is 0.325 e. The average molecular weight is 371 g/mol. The molecule has 27 heavy (non-hydrogen) atoms. The Kier molecular flexibility index (Phi) is 5.30. The highest BCUT2D eigenvalue weighted by atomic mass is 16.2. The van der Waals surface area contributed by atoms with Gasteiger partial charge in [0, 0.05) is 17.7 Å². The van der Waals surface area contributed by atoms with Gasteiger partial charge in [-0.05, 0) is 43.0 Å². The van der Waals surface area contributed by atoms with E-state index in [0.29, 0.717) is 24.1 Å². The van der Waals surface area contributed by atoms with Gasteiger partial charge in [-0.3, -0.25) is 19.3 Å². The van der Waals surface area contributed by atoms with Crippen molar-refractivity contribution in [1.29, 1.82) is 0 Å². The van der Waals surface area contributed by atoms with Crippen LogP contribution in [0.2, 0.25) is 0 Å². The minimum absolute atomic E-state index is 0.0595. The van der Waals surface area contributed by atoms with E-state index in [9.17, 15) is 19.2 Å². The molecule has 2 atom stereocenters.